The third-order valence-electron chi connectivity index (χ3n) is 4.28. The number of hydrogen-bond acceptors (Lipinski definition) is 2. The number of rotatable bonds is 3. The van der Waals surface area contributed by atoms with E-state index in [0.717, 1.165) is 28.7 Å². The number of Topliss-reactive ketones (excluding diaryl/α,β-unsaturated/α-hetero) is 1. The number of hydrogen-bond donors (Lipinski definition) is 0. The summed E-state index contributed by atoms with van der Waals surface area (Å²) in [6.45, 7) is 5.86. The van der Waals surface area contributed by atoms with Crippen molar-refractivity contribution in [1.82, 2.24) is 4.90 Å². The van der Waals surface area contributed by atoms with E-state index in [4.69, 9.17) is 0 Å². The van der Waals surface area contributed by atoms with Crippen molar-refractivity contribution < 1.29 is 4.79 Å². The van der Waals surface area contributed by atoms with Gasteiger partial charge in [-0.15, -0.1) is 0 Å². The lowest BCUT2D eigenvalue weighted by Crippen LogP contribution is -2.47. The molecule has 0 spiro atoms. The molecule has 0 fully saturated rings. The average molecular weight is 358 g/mol. The quantitative estimate of drug-likeness (QED) is 0.795. The summed E-state index contributed by atoms with van der Waals surface area (Å²) in [4.78, 5) is 15.2. The van der Waals surface area contributed by atoms with Gasteiger partial charge in [0, 0.05) is 23.1 Å². The molecule has 0 N–H and O–H groups in total. The molecule has 0 aromatic heterocycles. The predicted octanol–water partition coefficient (Wildman–Crippen LogP) is 4.67. The summed E-state index contributed by atoms with van der Waals surface area (Å²) < 4.78 is 1.10. The van der Waals surface area contributed by atoms with Crippen LogP contribution in [0.5, 0.6) is 0 Å². The van der Waals surface area contributed by atoms with E-state index in [9.17, 15) is 4.79 Å². The zero-order chi connectivity index (χ0) is 15.7. The summed E-state index contributed by atoms with van der Waals surface area (Å²) in [5.41, 5.74) is 3.25. The highest BCUT2D eigenvalue weighted by Crippen LogP contribution is 2.30. The van der Waals surface area contributed by atoms with Crippen molar-refractivity contribution in [2.45, 2.75) is 33.0 Å². The number of fused-ring (bicyclic) bond motifs is 1. The minimum atomic E-state index is -0.0537. The number of carbonyl (C=O) groups excluding carboxylic acids is 1. The van der Waals surface area contributed by atoms with Crippen LogP contribution in [0.1, 0.15) is 35.3 Å². The molecule has 0 radical (unpaired) electrons. The lowest BCUT2D eigenvalue weighted by molar-refractivity contribution is 0.0666. The van der Waals surface area contributed by atoms with E-state index in [2.05, 4.69) is 52.9 Å². The predicted molar refractivity (Wildman–Crippen MR) is 92.8 cm³/mol. The van der Waals surface area contributed by atoms with Gasteiger partial charge in [-0.05, 0) is 23.1 Å². The van der Waals surface area contributed by atoms with Crippen molar-refractivity contribution >= 4 is 21.7 Å². The Bertz CT molecular complexity index is 695. The van der Waals surface area contributed by atoms with Crippen LogP contribution in [-0.4, -0.2) is 16.7 Å². The van der Waals surface area contributed by atoms with Crippen molar-refractivity contribution in [3.8, 4) is 0 Å². The summed E-state index contributed by atoms with van der Waals surface area (Å²) in [6, 6.07) is 16.2. The molecule has 3 heteroatoms. The van der Waals surface area contributed by atoms with Gasteiger partial charge in [0.1, 0.15) is 0 Å². The first-order chi connectivity index (χ1) is 10.6. The monoisotopic (exact) mass is 357 g/mol. The van der Waals surface area contributed by atoms with E-state index in [1.165, 1.54) is 5.56 Å². The van der Waals surface area contributed by atoms with Gasteiger partial charge in [0.05, 0.1) is 6.04 Å². The smallest absolute Gasteiger partial charge is 0.180 e. The van der Waals surface area contributed by atoms with Crippen LogP contribution in [0.4, 0.5) is 0 Å². The standard InChI is InChI=1S/C19H20BrNO/c1-13(2)18-19(22)16-9-5-3-7-14(16)11-21(18)12-15-8-4-6-10-17(15)20/h3-10,13,18H,11-12H2,1-2H3/t18-/m0/s1. The van der Waals surface area contributed by atoms with Crippen molar-refractivity contribution in [2.75, 3.05) is 0 Å². The Morgan fingerprint density at radius 3 is 2.55 bits per heavy atom. The van der Waals surface area contributed by atoms with Crippen LogP contribution in [0.2, 0.25) is 0 Å². The van der Waals surface area contributed by atoms with Crippen LogP contribution >= 0.6 is 15.9 Å². The molecule has 114 valence electrons. The normalized spacial score (nSPS) is 18.5. The molecule has 1 atom stereocenters. The average Bonchev–Trinajstić information content (AvgIpc) is 2.49. The van der Waals surface area contributed by atoms with E-state index < -0.39 is 0 Å². The van der Waals surface area contributed by atoms with Crippen molar-refractivity contribution in [1.29, 1.82) is 0 Å². The van der Waals surface area contributed by atoms with Crippen LogP contribution in [-0.2, 0) is 13.1 Å². The summed E-state index contributed by atoms with van der Waals surface area (Å²) >= 11 is 3.62. The highest BCUT2D eigenvalue weighted by Gasteiger charge is 2.35. The first-order valence-electron chi connectivity index (χ1n) is 7.67. The van der Waals surface area contributed by atoms with Gasteiger partial charge in [0.25, 0.3) is 0 Å². The zero-order valence-electron chi connectivity index (χ0n) is 12.9. The molecule has 0 bridgehead atoms. The Morgan fingerprint density at radius 2 is 1.82 bits per heavy atom. The third-order valence-corrected chi connectivity index (χ3v) is 5.05. The lowest BCUT2D eigenvalue weighted by atomic mass is 9.86. The Hall–Kier alpha value is -1.45. The molecular weight excluding hydrogens is 338 g/mol. The molecule has 0 unspecified atom stereocenters. The lowest BCUT2D eigenvalue weighted by Gasteiger charge is -2.38. The number of ketones is 1. The van der Waals surface area contributed by atoms with E-state index in [-0.39, 0.29) is 11.8 Å². The Kier molecular flexibility index (Phi) is 4.46. The van der Waals surface area contributed by atoms with E-state index >= 15 is 0 Å². The van der Waals surface area contributed by atoms with Gasteiger partial charge in [-0.2, -0.15) is 0 Å². The largest absolute Gasteiger partial charge is 0.292 e. The topological polar surface area (TPSA) is 20.3 Å². The number of carbonyl (C=O) groups is 1. The minimum Gasteiger partial charge on any atom is -0.292 e. The summed E-state index contributed by atoms with van der Waals surface area (Å²) in [5, 5.41) is 0. The molecule has 0 aliphatic carbocycles. The molecule has 3 rings (SSSR count). The van der Waals surface area contributed by atoms with E-state index in [1.807, 2.05) is 30.3 Å². The summed E-state index contributed by atoms with van der Waals surface area (Å²) in [7, 11) is 0. The maximum atomic E-state index is 12.9. The van der Waals surface area contributed by atoms with Gasteiger partial charge in [-0.25, -0.2) is 0 Å². The zero-order valence-corrected chi connectivity index (χ0v) is 14.5. The molecule has 2 aromatic carbocycles. The van der Waals surface area contributed by atoms with E-state index in [0.29, 0.717) is 5.92 Å². The van der Waals surface area contributed by atoms with Crippen molar-refractivity contribution in [2.24, 2.45) is 5.92 Å². The first-order valence-corrected chi connectivity index (χ1v) is 8.47. The van der Waals surface area contributed by atoms with Crippen molar-refractivity contribution in [3.05, 3.63) is 69.7 Å². The van der Waals surface area contributed by atoms with Gasteiger partial charge >= 0.3 is 0 Å². The Morgan fingerprint density at radius 1 is 1.14 bits per heavy atom. The van der Waals surface area contributed by atoms with Crippen LogP contribution in [0.15, 0.2) is 53.0 Å². The van der Waals surface area contributed by atoms with Crippen LogP contribution in [0.25, 0.3) is 0 Å². The van der Waals surface area contributed by atoms with Gasteiger partial charge < -0.3 is 0 Å². The van der Waals surface area contributed by atoms with Gasteiger partial charge in [-0.3, -0.25) is 9.69 Å². The molecule has 1 aliphatic heterocycles. The van der Waals surface area contributed by atoms with Gasteiger partial charge in [0.2, 0.25) is 0 Å². The maximum absolute atomic E-state index is 12.9. The Labute approximate surface area is 140 Å². The van der Waals surface area contributed by atoms with Gasteiger partial charge in [0.15, 0.2) is 5.78 Å². The molecule has 1 heterocycles. The van der Waals surface area contributed by atoms with Crippen LogP contribution in [0.3, 0.4) is 0 Å². The number of halogens is 1. The SMILES string of the molecule is CC(C)[C@H]1C(=O)c2ccccc2CN1Cc1ccccc1Br. The number of nitrogens with zero attached hydrogens (tertiary/aromatic N) is 1. The second kappa shape index (κ2) is 6.35. The molecule has 0 saturated carbocycles. The molecule has 0 saturated heterocycles. The molecular formula is C19H20BrNO. The highest BCUT2D eigenvalue weighted by molar-refractivity contribution is 9.10. The van der Waals surface area contributed by atoms with Crippen LogP contribution in [0, 0.1) is 5.92 Å². The summed E-state index contributed by atoms with van der Waals surface area (Å²) in [5.74, 6) is 0.548. The molecule has 22 heavy (non-hydrogen) atoms. The second-order valence-electron chi connectivity index (χ2n) is 6.21. The second-order valence-corrected chi connectivity index (χ2v) is 7.06. The fourth-order valence-electron chi connectivity index (χ4n) is 3.26. The highest BCUT2D eigenvalue weighted by atomic mass is 79.9. The fraction of sp³-hybridized carbons (Fsp3) is 0.316. The fourth-order valence-corrected chi connectivity index (χ4v) is 3.68. The molecule has 1 aliphatic rings. The molecule has 2 nitrogen and oxygen atoms in total. The summed E-state index contributed by atoms with van der Waals surface area (Å²) in [6.07, 6.45) is 0. The van der Waals surface area contributed by atoms with E-state index in [1.54, 1.807) is 0 Å². The third kappa shape index (κ3) is 2.88. The maximum Gasteiger partial charge on any atom is 0.180 e. The van der Waals surface area contributed by atoms with Crippen molar-refractivity contribution in [3.63, 3.8) is 0 Å². The number of benzene rings is 2. The molecule has 2 aromatic rings. The van der Waals surface area contributed by atoms with Gasteiger partial charge in [-0.1, -0.05) is 72.2 Å². The minimum absolute atomic E-state index is 0.0537. The Balaban J connectivity index is 1.96. The molecule has 0 amide bonds. The van der Waals surface area contributed by atoms with Crippen LogP contribution < -0.4 is 0 Å². The first kappa shape index (κ1) is 15.4.